The Morgan fingerprint density at radius 3 is 3.00 bits per heavy atom. The number of aromatic amines is 1. The number of alkyl halides is 1. The van der Waals surface area contributed by atoms with Crippen LogP contribution < -0.4 is 10.6 Å². The molecule has 0 aromatic carbocycles. The predicted molar refractivity (Wildman–Crippen MR) is 60.8 cm³/mol. The molecule has 64 valence electrons. The summed E-state index contributed by atoms with van der Waals surface area (Å²) in [7, 11) is 0. The smallest absolute Gasteiger partial charge is 0.0413 e. The minimum Gasteiger partial charge on any atom is -0.361 e. The highest BCUT2D eigenvalue weighted by Crippen LogP contribution is 1.99. The van der Waals surface area contributed by atoms with E-state index in [1.165, 1.54) is 39.8 Å². The third kappa shape index (κ3) is 1.44. The maximum Gasteiger partial charge on any atom is 0.0413 e. The molecule has 2 heteroatoms. The van der Waals surface area contributed by atoms with Crippen molar-refractivity contribution in [2.24, 2.45) is 0 Å². The van der Waals surface area contributed by atoms with Crippen LogP contribution in [0.1, 0.15) is 18.4 Å². The molecule has 1 aliphatic carbocycles. The molecule has 0 bridgehead atoms. The zero-order valence-electron chi connectivity index (χ0n) is 6.94. The molecule has 1 aromatic heterocycles. The fourth-order valence-electron chi connectivity index (χ4n) is 1.67. The Morgan fingerprint density at radius 1 is 1.33 bits per heavy atom. The number of fused-ring (bicyclic) bond motifs is 1. The monoisotopic (exact) mass is 273 g/mol. The largest absolute Gasteiger partial charge is 0.361 e. The molecular weight excluding hydrogens is 261 g/mol. The summed E-state index contributed by atoms with van der Waals surface area (Å²) in [5.74, 6) is 0. The van der Waals surface area contributed by atoms with Gasteiger partial charge in [0.25, 0.3) is 0 Å². The highest BCUT2D eigenvalue weighted by atomic mass is 127. The molecule has 12 heavy (non-hydrogen) atoms. The van der Waals surface area contributed by atoms with Gasteiger partial charge in [0.2, 0.25) is 0 Å². The maximum atomic E-state index is 3.32. The standard InChI is InChI=1S/C10H12IN/c11-6-5-8-7-12-10-4-2-1-3-9(8)10/h3-4,7,12H,1-2,5-6H2. The van der Waals surface area contributed by atoms with Crippen molar-refractivity contribution in [1.29, 1.82) is 0 Å². The molecule has 2 rings (SSSR count). The number of aryl methyl sites for hydroxylation is 1. The molecule has 1 aromatic rings. The van der Waals surface area contributed by atoms with E-state index in [1.54, 1.807) is 0 Å². The van der Waals surface area contributed by atoms with E-state index in [1.807, 2.05) is 0 Å². The third-order valence-electron chi connectivity index (χ3n) is 2.27. The van der Waals surface area contributed by atoms with Crippen molar-refractivity contribution in [2.45, 2.75) is 19.3 Å². The number of hydrogen-bond acceptors (Lipinski definition) is 0. The van der Waals surface area contributed by atoms with Gasteiger partial charge in [0.15, 0.2) is 0 Å². The third-order valence-corrected chi connectivity index (χ3v) is 2.80. The quantitative estimate of drug-likeness (QED) is 0.618. The summed E-state index contributed by atoms with van der Waals surface area (Å²) in [5, 5.41) is 2.79. The maximum absolute atomic E-state index is 3.32. The summed E-state index contributed by atoms with van der Waals surface area (Å²) < 4.78 is 1.20. The SMILES string of the molecule is ICCc1c[nH]c2c1=CCCC=2. The molecule has 0 unspecified atom stereocenters. The summed E-state index contributed by atoms with van der Waals surface area (Å²) in [4.78, 5) is 3.32. The van der Waals surface area contributed by atoms with E-state index in [2.05, 4.69) is 45.9 Å². The van der Waals surface area contributed by atoms with Gasteiger partial charge in [0.1, 0.15) is 0 Å². The van der Waals surface area contributed by atoms with Gasteiger partial charge in [-0.05, 0) is 30.0 Å². The number of halogens is 1. The van der Waals surface area contributed by atoms with Crippen molar-refractivity contribution in [3.8, 4) is 0 Å². The van der Waals surface area contributed by atoms with Crippen molar-refractivity contribution in [1.82, 2.24) is 4.98 Å². The Bertz CT molecular complexity index is 375. The minimum atomic E-state index is 1.19. The van der Waals surface area contributed by atoms with Gasteiger partial charge in [-0.15, -0.1) is 0 Å². The Morgan fingerprint density at radius 2 is 2.17 bits per heavy atom. The van der Waals surface area contributed by atoms with Gasteiger partial charge in [-0.3, -0.25) is 0 Å². The molecule has 1 N–H and O–H groups in total. The lowest BCUT2D eigenvalue weighted by atomic mass is 10.1. The van der Waals surface area contributed by atoms with E-state index in [9.17, 15) is 0 Å². The molecule has 0 fully saturated rings. The lowest BCUT2D eigenvalue weighted by Crippen LogP contribution is -2.27. The summed E-state index contributed by atoms with van der Waals surface area (Å²) >= 11 is 2.43. The van der Waals surface area contributed by atoms with Crippen molar-refractivity contribution in [3.63, 3.8) is 0 Å². The van der Waals surface area contributed by atoms with Gasteiger partial charge in [-0.1, -0.05) is 34.7 Å². The summed E-state index contributed by atoms with van der Waals surface area (Å²) in [5.41, 5.74) is 1.48. The lowest BCUT2D eigenvalue weighted by molar-refractivity contribution is 1.09. The van der Waals surface area contributed by atoms with Crippen LogP contribution in [0, 0.1) is 0 Å². The molecule has 1 heterocycles. The number of H-pyrrole nitrogens is 1. The molecule has 1 nitrogen and oxygen atoms in total. The molecular formula is C10H12IN. The summed E-state index contributed by atoms with van der Waals surface area (Å²) in [6.45, 7) is 0. The van der Waals surface area contributed by atoms with Gasteiger partial charge in [-0.25, -0.2) is 0 Å². The molecule has 1 aliphatic rings. The Kier molecular flexibility index (Phi) is 2.54. The van der Waals surface area contributed by atoms with Gasteiger partial charge >= 0.3 is 0 Å². The Balaban J connectivity index is 2.53. The first-order valence-electron chi connectivity index (χ1n) is 4.34. The molecule has 0 saturated carbocycles. The minimum absolute atomic E-state index is 1.19. The first kappa shape index (κ1) is 8.35. The summed E-state index contributed by atoms with van der Waals surface area (Å²) in [6, 6.07) is 0. The second-order valence-corrected chi connectivity index (χ2v) is 4.14. The molecule has 0 amide bonds. The average Bonchev–Trinajstić information content (AvgIpc) is 2.50. The number of aromatic nitrogens is 1. The lowest BCUT2D eigenvalue weighted by Gasteiger charge is -1.96. The van der Waals surface area contributed by atoms with Gasteiger partial charge in [0, 0.05) is 16.0 Å². The van der Waals surface area contributed by atoms with Gasteiger partial charge < -0.3 is 4.98 Å². The fraction of sp³-hybridized carbons (Fsp3) is 0.400. The summed E-state index contributed by atoms with van der Waals surface area (Å²) in [6.07, 6.45) is 10.4. The average molecular weight is 273 g/mol. The normalized spacial score (nSPS) is 14.8. The van der Waals surface area contributed by atoms with E-state index < -0.39 is 0 Å². The molecule has 0 aliphatic heterocycles. The van der Waals surface area contributed by atoms with Gasteiger partial charge in [0.05, 0.1) is 0 Å². The molecule has 0 saturated heterocycles. The number of nitrogens with one attached hydrogen (secondary N) is 1. The van der Waals surface area contributed by atoms with Crippen LogP contribution >= 0.6 is 22.6 Å². The predicted octanol–water partition coefficient (Wildman–Crippen LogP) is 1.35. The van der Waals surface area contributed by atoms with Crippen LogP contribution in [0.25, 0.3) is 12.2 Å². The Labute approximate surface area is 85.7 Å². The molecule has 0 atom stereocenters. The molecule has 0 spiro atoms. The highest BCUT2D eigenvalue weighted by molar-refractivity contribution is 14.1. The topological polar surface area (TPSA) is 15.8 Å². The van der Waals surface area contributed by atoms with Crippen LogP contribution in [-0.4, -0.2) is 9.41 Å². The first-order valence-corrected chi connectivity index (χ1v) is 5.87. The van der Waals surface area contributed by atoms with Crippen LogP contribution in [-0.2, 0) is 6.42 Å². The number of rotatable bonds is 2. The van der Waals surface area contributed by atoms with E-state index in [4.69, 9.17) is 0 Å². The van der Waals surface area contributed by atoms with Crippen molar-refractivity contribution in [3.05, 3.63) is 22.3 Å². The van der Waals surface area contributed by atoms with Crippen LogP contribution in [0.5, 0.6) is 0 Å². The van der Waals surface area contributed by atoms with Crippen molar-refractivity contribution >= 4 is 34.7 Å². The zero-order valence-corrected chi connectivity index (χ0v) is 9.10. The zero-order chi connectivity index (χ0) is 8.39. The first-order chi connectivity index (χ1) is 5.92. The number of hydrogen-bond donors (Lipinski definition) is 1. The van der Waals surface area contributed by atoms with Crippen LogP contribution in [0.15, 0.2) is 6.20 Å². The van der Waals surface area contributed by atoms with Crippen molar-refractivity contribution in [2.75, 3.05) is 4.43 Å². The van der Waals surface area contributed by atoms with Crippen LogP contribution in [0.3, 0.4) is 0 Å². The van der Waals surface area contributed by atoms with E-state index in [0.717, 1.165) is 0 Å². The van der Waals surface area contributed by atoms with Gasteiger partial charge in [-0.2, -0.15) is 0 Å². The molecule has 0 radical (unpaired) electrons. The Hall–Kier alpha value is -0.250. The highest BCUT2D eigenvalue weighted by Gasteiger charge is 2.00. The fourth-order valence-corrected chi connectivity index (χ4v) is 2.25. The van der Waals surface area contributed by atoms with Crippen LogP contribution in [0.2, 0.25) is 0 Å². The van der Waals surface area contributed by atoms with Crippen LogP contribution in [0.4, 0.5) is 0 Å². The van der Waals surface area contributed by atoms with E-state index >= 15 is 0 Å². The second-order valence-electron chi connectivity index (χ2n) is 3.07. The van der Waals surface area contributed by atoms with Crippen molar-refractivity contribution < 1.29 is 0 Å². The van der Waals surface area contributed by atoms with E-state index in [0.29, 0.717) is 0 Å². The van der Waals surface area contributed by atoms with E-state index in [-0.39, 0.29) is 0 Å². The second kappa shape index (κ2) is 3.64.